The Labute approximate surface area is 145 Å². The third kappa shape index (κ3) is 2.77. The largest absolute Gasteiger partial charge is 0.495 e. The van der Waals surface area contributed by atoms with Crippen LogP contribution in [0.25, 0.3) is 10.9 Å². The number of aliphatic carboxylic acids is 1. The molecule has 1 saturated carbocycles. The summed E-state index contributed by atoms with van der Waals surface area (Å²) in [6, 6.07) is 3.42. The molecule has 24 heavy (non-hydrogen) atoms. The van der Waals surface area contributed by atoms with Crippen LogP contribution in [0.2, 0.25) is 5.02 Å². The summed E-state index contributed by atoms with van der Waals surface area (Å²) in [4.78, 5) is 24.3. The summed E-state index contributed by atoms with van der Waals surface area (Å²) < 4.78 is 6.90. The summed E-state index contributed by atoms with van der Waals surface area (Å²) in [7, 11) is 1.51. The minimum absolute atomic E-state index is 0.00199. The number of carbonyl (C=O) groups excluding carboxylic acids is 1. The van der Waals surface area contributed by atoms with Gasteiger partial charge >= 0.3 is 5.97 Å². The van der Waals surface area contributed by atoms with E-state index in [0.717, 1.165) is 25.7 Å². The first-order chi connectivity index (χ1) is 11.4. The van der Waals surface area contributed by atoms with Crippen molar-refractivity contribution in [3.63, 3.8) is 0 Å². The van der Waals surface area contributed by atoms with E-state index in [1.807, 2.05) is 0 Å². The van der Waals surface area contributed by atoms with E-state index >= 15 is 0 Å². The molecule has 1 aromatic carbocycles. The number of carbonyl (C=O) groups is 2. The third-order valence-corrected chi connectivity index (χ3v) is 5.16. The van der Waals surface area contributed by atoms with Gasteiger partial charge in [0.2, 0.25) is 5.91 Å². The smallest absolute Gasteiger partial charge is 0.307 e. The van der Waals surface area contributed by atoms with E-state index in [1.54, 1.807) is 23.6 Å². The Morgan fingerprint density at radius 1 is 1.33 bits per heavy atom. The molecule has 1 aromatic heterocycles. The van der Waals surface area contributed by atoms with Crippen molar-refractivity contribution in [2.75, 3.05) is 7.11 Å². The Bertz CT molecular complexity index is 818. The molecule has 0 aliphatic heterocycles. The van der Waals surface area contributed by atoms with Crippen LogP contribution < -0.4 is 4.74 Å². The van der Waals surface area contributed by atoms with Crippen LogP contribution in [0, 0.1) is 12.8 Å². The molecule has 0 spiro atoms. The summed E-state index contributed by atoms with van der Waals surface area (Å²) in [6.45, 7) is 1.80. The van der Waals surface area contributed by atoms with Gasteiger partial charge in [0.1, 0.15) is 5.75 Å². The fourth-order valence-electron chi connectivity index (χ4n) is 3.65. The molecule has 1 N–H and O–H groups in total. The van der Waals surface area contributed by atoms with Gasteiger partial charge in [0.05, 0.1) is 24.1 Å². The van der Waals surface area contributed by atoms with E-state index in [1.165, 1.54) is 7.11 Å². The molecule has 1 aliphatic rings. The van der Waals surface area contributed by atoms with Crippen LogP contribution in [0.1, 0.15) is 41.7 Å². The van der Waals surface area contributed by atoms with Crippen molar-refractivity contribution in [3.05, 3.63) is 28.4 Å². The van der Waals surface area contributed by atoms with Crippen LogP contribution in [0.3, 0.4) is 0 Å². The number of hydrogen-bond donors (Lipinski definition) is 1. The van der Waals surface area contributed by atoms with Crippen molar-refractivity contribution in [2.45, 2.75) is 39.0 Å². The van der Waals surface area contributed by atoms with Crippen LogP contribution in [0.15, 0.2) is 12.1 Å². The first-order valence-electron chi connectivity index (χ1n) is 8.07. The number of nitrogens with zero attached hydrogens (tertiary/aromatic N) is 1. The predicted molar refractivity (Wildman–Crippen MR) is 92.2 cm³/mol. The Morgan fingerprint density at radius 2 is 2.00 bits per heavy atom. The molecule has 0 atom stereocenters. The maximum atomic E-state index is 13.0. The van der Waals surface area contributed by atoms with Gasteiger partial charge in [-0.2, -0.15) is 0 Å². The van der Waals surface area contributed by atoms with E-state index in [4.69, 9.17) is 16.3 Å². The number of benzene rings is 1. The topological polar surface area (TPSA) is 68.5 Å². The molecule has 2 aromatic rings. The zero-order chi connectivity index (χ0) is 17.4. The lowest BCUT2D eigenvalue weighted by Crippen LogP contribution is -2.20. The van der Waals surface area contributed by atoms with Gasteiger partial charge in [-0.3, -0.25) is 14.2 Å². The summed E-state index contributed by atoms with van der Waals surface area (Å²) >= 11 is 6.24. The standard InChI is InChI=1S/C18H20ClNO4/c1-10-12(8-17(21)22)13-7-16(24-2)14(19)9-15(13)20(10)18(23)11-5-3-4-6-11/h7,9,11H,3-6,8H2,1-2H3,(H,21,22). The number of rotatable bonds is 4. The lowest BCUT2D eigenvalue weighted by Gasteiger charge is -2.13. The lowest BCUT2D eigenvalue weighted by atomic mass is 10.1. The second kappa shape index (κ2) is 6.48. The quantitative estimate of drug-likeness (QED) is 0.903. The van der Waals surface area contributed by atoms with Crippen molar-refractivity contribution in [3.8, 4) is 5.75 Å². The SMILES string of the molecule is COc1cc2c(CC(=O)O)c(C)n(C(=O)C3CCCC3)c2cc1Cl. The molecule has 1 aliphatic carbocycles. The molecule has 0 amide bonds. The zero-order valence-corrected chi connectivity index (χ0v) is 14.5. The van der Waals surface area contributed by atoms with E-state index in [0.29, 0.717) is 32.9 Å². The molecule has 0 unspecified atom stereocenters. The zero-order valence-electron chi connectivity index (χ0n) is 13.8. The highest BCUT2D eigenvalue weighted by Crippen LogP contribution is 2.36. The van der Waals surface area contributed by atoms with Crippen molar-refractivity contribution in [1.29, 1.82) is 0 Å². The van der Waals surface area contributed by atoms with Crippen molar-refractivity contribution in [2.24, 2.45) is 5.92 Å². The monoisotopic (exact) mass is 349 g/mol. The highest BCUT2D eigenvalue weighted by molar-refractivity contribution is 6.33. The van der Waals surface area contributed by atoms with E-state index in [2.05, 4.69) is 0 Å². The molecule has 128 valence electrons. The second-order valence-electron chi connectivity index (χ2n) is 6.29. The number of carboxylic acid groups (broad SMARTS) is 1. The predicted octanol–water partition coefficient (Wildman–Crippen LogP) is 4.07. The fourth-order valence-corrected chi connectivity index (χ4v) is 3.89. The molecule has 0 bridgehead atoms. The highest BCUT2D eigenvalue weighted by atomic mass is 35.5. The number of carboxylic acids is 1. The molecule has 1 fully saturated rings. The third-order valence-electron chi connectivity index (χ3n) is 4.86. The van der Waals surface area contributed by atoms with Gasteiger partial charge in [-0.1, -0.05) is 24.4 Å². The first kappa shape index (κ1) is 16.8. The van der Waals surface area contributed by atoms with E-state index in [-0.39, 0.29) is 18.2 Å². The number of ether oxygens (including phenoxy) is 1. The number of aromatic nitrogens is 1. The lowest BCUT2D eigenvalue weighted by molar-refractivity contribution is -0.136. The summed E-state index contributed by atoms with van der Waals surface area (Å²) in [5.41, 5.74) is 1.97. The maximum absolute atomic E-state index is 13.0. The molecule has 6 heteroatoms. The van der Waals surface area contributed by atoms with Crippen molar-refractivity contribution >= 4 is 34.4 Å². The van der Waals surface area contributed by atoms with Gasteiger partial charge in [0.15, 0.2) is 0 Å². The van der Waals surface area contributed by atoms with Crippen LogP contribution in [-0.2, 0) is 11.2 Å². The average molecular weight is 350 g/mol. The van der Waals surface area contributed by atoms with Gasteiger partial charge in [-0.25, -0.2) is 0 Å². The van der Waals surface area contributed by atoms with Crippen LogP contribution in [0.4, 0.5) is 0 Å². The van der Waals surface area contributed by atoms with Gasteiger partial charge in [-0.05, 0) is 37.5 Å². The number of methoxy groups -OCH3 is 1. The van der Waals surface area contributed by atoms with Gasteiger partial charge in [0, 0.05) is 17.0 Å². The van der Waals surface area contributed by atoms with Gasteiger partial charge in [0.25, 0.3) is 0 Å². The Kier molecular flexibility index (Phi) is 4.54. The second-order valence-corrected chi connectivity index (χ2v) is 6.70. The Morgan fingerprint density at radius 3 is 2.58 bits per heavy atom. The molecule has 1 heterocycles. The van der Waals surface area contributed by atoms with Gasteiger partial charge in [-0.15, -0.1) is 0 Å². The van der Waals surface area contributed by atoms with Crippen molar-refractivity contribution < 1.29 is 19.4 Å². The number of halogens is 1. The molecular weight excluding hydrogens is 330 g/mol. The summed E-state index contributed by atoms with van der Waals surface area (Å²) in [6.07, 6.45) is 3.75. The van der Waals surface area contributed by atoms with E-state index in [9.17, 15) is 14.7 Å². The summed E-state index contributed by atoms with van der Waals surface area (Å²) in [5, 5.41) is 10.4. The Hall–Kier alpha value is -2.01. The molecule has 0 radical (unpaired) electrons. The average Bonchev–Trinajstić information content (AvgIpc) is 3.14. The highest BCUT2D eigenvalue weighted by Gasteiger charge is 2.28. The molecule has 3 rings (SSSR count). The molecule has 0 saturated heterocycles. The number of hydrogen-bond acceptors (Lipinski definition) is 3. The molecular formula is C18H20ClNO4. The Balaban J connectivity index is 2.23. The first-order valence-corrected chi connectivity index (χ1v) is 8.45. The normalized spacial score (nSPS) is 15.1. The van der Waals surface area contributed by atoms with E-state index < -0.39 is 5.97 Å². The van der Waals surface area contributed by atoms with Crippen LogP contribution in [0.5, 0.6) is 5.75 Å². The minimum atomic E-state index is -0.931. The van der Waals surface area contributed by atoms with Gasteiger partial charge < -0.3 is 9.84 Å². The number of fused-ring (bicyclic) bond motifs is 1. The maximum Gasteiger partial charge on any atom is 0.307 e. The van der Waals surface area contributed by atoms with Crippen molar-refractivity contribution in [1.82, 2.24) is 4.57 Å². The van der Waals surface area contributed by atoms with Crippen LogP contribution >= 0.6 is 11.6 Å². The minimum Gasteiger partial charge on any atom is -0.495 e. The molecule has 5 nitrogen and oxygen atoms in total. The van der Waals surface area contributed by atoms with Crippen LogP contribution in [-0.4, -0.2) is 28.7 Å². The summed E-state index contributed by atoms with van der Waals surface area (Å²) in [5.74, 6) is -0.425. The fraction of sp³-hybridized carbons (Fsp3) is 0.444.